The number of anilines is 1. The molecule has 2 aromatic rings. The van der Waals surface area contributed by atoms with Crippen LogP contribution in [0.25, 0.3) is 11.0 Å². The number of nitrogens with one attached hydrogen (secondary N) is 1. The van der Waals surface area contributed by atoms with E-state index < -0.39 is 35.5 Å². The zero-order chi connectivity index (χ0) is 16.1. The molecule has 0 spiro atoms. The molecule has 4 atom stereocenters. The van der Waals surface area contributed by atoms with Crippen LogP contribution in [0.15, 0.2) is 17.1 Å². The molecule has 1 fully saturated rings. The first-order valence-electron chi connectivity index (χ1n) is 6.39. The van der Waals surface area contributed by atoms with E-state index in [0.29, 0.717) is 0 Å². The van der Waals surface area contributed by atoms with Gasteiger partial charge >= 0.3 is 0 Å². The summed E-state index contributed by atoms with van der Waals surface area (Å²) in [4.78, 5) is 16.7. The third-order valence-corrected chi connectivity index (χ3v) is 4.22. The van der Waals surface area contributed by atoms with Crippen LogP contribution in [0.5, 0.6) is 0 Å². The number of aromatic amines is 1. The number of terminal acetylenes is 1. The van der Waals surface area contributed by atoms with E-state index in [1.54, 1.807) is 0 Å². The summed E-state index contributed by atoms with van der Waals surface area (Å²) < 4.78 is 6.98. The zero-order valence-corrected chi connectivity index (χ0v) is 12.0. The molecule has 0 aromatic carbocycles. The molecular formula is C13H13ClN4O4. The Hall–Kier alpha value is -2.05. The molecule has 0 radical (unpaired) electrons. The average molecular weight is 325 g/mol. The minimum Gasteiger partial charge on any atom is -0.394 e. The molecule has 1 aliphatic heterocycles. The van der Waals surface area contributed by atoms with E-state index in [4.69, 9.17) is 28.5 Å². The van der Waals surface area contributed by atoms with E-state index in [-0.39, 0.29) is 17.0 Å². The summed E-state index contributed by atoms with van der Waals surface area (Å²) in [7, 11) is 0. The number of alkyl halides is 1. The predicted molar refractivity (Wildman–Crippen MR) is 79.2 cm³/mol. The zero-order valence-electron chi connectivity index (χ0n) is 11.2. The molecule has 0 aliphatic carbocycles. The lowest BCUT2D eigenvalue weighted by molar-refractivity contribution is -0.0435. The number of hydrogen-bond donors (Lipinski definition) is 4. The monoisotopic (exact) mass is 324 g/mol. The van der Waals surface area contributed by atoms with Crippen LogP contribution >= 0.6 is 11.6 Å². The number of hydrogen-bond acceptors (Lipinski definition) is 6. The Balaban J connectivity index is 2.19. The van der Waals surface area contributed by atoms with Gasteiger partial charge in [0.15, 0.2) is 16.7 Å². The van der Waals surface area contributed by atoms with Crippen molar-refractivity contribution < 1.29 is 14.9 Å². The highest BCUT2D eigenvalue weighted by atomic mass is 35.5. The van der Waals surface area contributed by atoms with Crippen molar-refractivity contribution in [2.75, 3.05) is 12.3 Å². The van der Waals surface area contributed by atoms with E-state index in [1.807, 2.05) is 0 Å². The maximum atomic E-state index is 11.9. The van der Waals surface area contributed by atoms with Gasteiger partial charge in [-0.3, -0.25) is 9.78 Å². The van der Waals surface area contributed by atoms with Gasteiger partial charge in [0.05, 0.1) is 12.0 Å². The fourth-order valence-electron chi connectivity index (χ4n) is 2.57. The summed E-state index contributed by atoms with van der Waals surface area (Å²) >= 11 is 6.33. The lowest BCUT2D eigenvalue weighted by Gasteiger charge is -2.25. The lowest BCUT2D eigenvalue weighted by Crippen LogP contribution is -2.41. The summed E-state index contributed by atoms with van der Waals surface area (Å²) in [5.74, 6) is 2.23. The van der Waals surface area contributed by atoms with E-state index in [1.165, 1.54) is 16.8 Å². The van der Waals surface area contributed by atoms with E-state index in [2.05, 4.69) is 15.9 Å². The van der Waals surface area contributed by atoms with Gasteiger partial charge in [0.25, 0.3) is 5.56 Å². The number of nitrogen functional groups attached to an aromatic ring is 1. The predicted octanol–water partition coefficient (Wildman–Crippen LogP) is -0.832. The van der Waals surface area contributed by atoms with Crippen molar-refractivity contribution in [2.45, 2.75) is 23.3 Å². The Morgan fingerprint density at radius 3 is 3.05 bits per heavy atom. The topological polar surface area (TPSA) is 126 Å². The second-order valence-electron chi connectivity index (χ2n) is 4.98. The second kappa shape index (κ2) is 5.00. The fourth-order valence-corrected chi connectivity index (χ4v) is 2.87. The number of aromatic nitrogens is 3. The maximum absolute atomic E-state index is 11.9. The van der Waals surface area contributed by atoms with Crippen molar-refractivity contribution in [2.24, 2.45) is 0 Å². The number of H-pyrrole nitrogens is 1. The first-order chi connectivity index (χ1) is 10.4. The standard InChI is InChI=1S/C13H13ClN4O4/c1-2-13(14)8(20)7(5-19)22-11(13)18-4-3-6-9(18)16-12(15)17-10(6)21/h1,3-4,7-8,11,19-20H,5H2,(H3,15,16,17,21)/t7-,8?,11-,13?/m1/s1. The highest BCUT2D eigenvalue weighted by Gasteiger charge is 2.55. The normalized spacial score (nSPS) is 31.5. The third-order valence-electron chi connectivity index (χ3n) is 3.70. The van der Waals surface area contributed by atoms with Crippen LogP contribution in [0.1, 0.15) is 6.23 Å². The Labute approximate surface area is 129 Å². The molecule has 1 aliphatic rings. The molecule has 0 amide bonds. The summed E-state index contributed by atoms with van der Waals surface area (Å²) in [6.45, 7) is -0.455. The molecule has 0 saturated carbocycles. The van der Waals surface area contributed by atoms with Gasteiger partial charge in [-0.15, -0.1) is 6.42 Å². The van der Waals surface area contributed by atoms with Crippen molar-refractivity contribution in [3.63, 3.8) is 0 Å². The number of halogens is 1. The van der Waals surface area contributed by atoms with Crippen molar-refractivity contribution in [3.05, 3.63) is 22.6 Å². The summed E-state index contributed by atoms with van der Waals surface area (Å²) in [5, 5.41) is 19.7. The van der Waals surface area contributed by atoms with Gasteiger partial charge in [0.1, 0.15) is 12.2 Å². The van der Waals surface area contributed by atoms with E-state index >= 15 is 0 Å². The summed E-state index contributed by atoms with van der Waals surface area (Å²) in [6, 6.07) is 1.51. The molecule has 22 heavy (non-hydrogen) atoms. The van der Waals surface area contributed by atoms with Crippen molar-refractivity contribution in [3.8, 4) is 12.3 Å². The average Bonchev–Trinajstić information content (AvgIpc) is 3.00. The number of nitrogens with zero attached hydrogens (tertiary/aromatic N) is 2. The summed E-state index contributed by atoms with van der Waals surface area (Å²) in [6.07, 6.45) is 3.71. The molecule has 3 rings (SSSR count). The van der Waals surface area contributed by atoms with Crippen LogP contribution in [-0.4, -0.2) is 48.4 Å². The number of nitrogens with two attached hydrogens (primary N) is 1. The minimum absolute atomic E-state index is 0.0735. The minimum atomic E-state index is -1.61. The smallest absolute Gasteiger partial charge is 0.261 e. The molecule has 0 bridgehead atoms. The Morgan fingerprint density at radius 2 is 2.41 bits per heavy atom. The summed E-state index contributed by atoms with van der Waals surface area (Å²) in [5.41, 5.74) is 5.35. The number of rotatable bonds is 2. The molecule has 3 heterocycles. The highest BCUT2D eigenvalue weighted by Crippen LogP contribution is 2.43. The van der Waals surface area contributed by atoms with Crippen molar-refractivity contribution >= 4 is 28.6 Å². The first kappa shape index (κ1) is 14.9. The van der Waals surface area contributed by atoms with Gasteiger partial charge in [-0.1, -0.05) is 17.5 Å². The Morgan fingerprint density at radius 1 is 1.68 bits per heavy atom. The van der Waals surface area contributed by atoms with Crippen LogP contribution in [0.2, 0.25) is 0 Å². The molecule has 116 valence electrons. The van der Waals surface area contributed by atoms with Gasteiger partial charge < -0.3 is 25.3 Å². The van der Waals surface area contributed by atoms with Gasteiger partial charge in [0, 0.05) is 6.20 Å². The van der Waals surface area contributed by atoms with Gasteiger partial charge in [-0.2, -0.15) is 4.98 Å². The molecular weight excluding hydrogens is 312 g/mol. The Kier molecular flexibility index (Phi) is 3.38. The lowest BCUT2D eigenvalue weighted by atomic mass is 9.99. The van der Waals surface area contributed by atoms with Crippen LogP contribution in [-0.2, 0) is 4.74 Å². The van der Waals surface area contributed by atoms with Crippen molar-refractivity contribution in [1.29, 1.82) is 0 Å². The van der Waals surface area contributed by atoms with Crippen LogP contribution in [0.3, 0.4) is 0 Å². The van der Waals surface area contributed by atoms with E-state index in [9.17, 15) is 15.0 Å². The van der Waals surface area contributed by atoms with E-state index in [0.717, 1.165) is 0 Å². The quantitative estimate of drug-likeness (QED) is 0.422. The number of ether oxygens (including phenoxy) is 1. The Bertz CT molecular complexity index is 826. The number of fused-ring (bicyclic) bond motifs is 1. The van der Waals surface area contributed by atoms with Crippen molar-refractivity contribution in [1.82, 2.24) is 14.5 Å². The molecule has 9 heteroatoms. The van der Waals surface area contributed by atoms with Gasteiger partial charge in [0.2, 0.25) is 5.95 Å². The largest absolute Gasteiger partial charge is 0.394 e. The molecule has 2 aromatic heterocycles. The highest BCUT2D eigenvalue weighted by molar-refractivity contribution is 6.27. The molecule has 8 nitrogen and oxygen atoms in total. The molecule has 1 saturated heterocycles. The SMILES string of the molecule is C#CC1(Cl)C(O)[C@@H](CO)O[C@H]1n1ccc2c(=O)[nH]c(N)nc21. The third kappa shape index (κ3) is 1.91. The first-order valence-corrected chi connectivity index (χ1v) is 6.77. The van der Waals surface area contributed by atoms with Crippen LogP contribution < -0.4 is 11.3 Å². The number of aliphatic hydroxyl groups excluding tert-OH is 2. The number of aliphatic hydroxyl groups is 2. The molecule has 5 N–H and O–H groups in total. The van der Waals surface area contributed by atoms with Gasteiger partial charge in [-0.05, 0) is 6.07 Å². The fraction of sp³-hybridized carbons (Fsp3) is 0.385. The van der Waals surface area contributed by atoms with Gasteiger partial charge in [-0.25, -0.2) is 0 Å². The van der Waals surface area contributed by atoms with Crippen LogP contribution in [0.4, 0.5) is 5.95 Å². The maximum Gasteiger partial charge on any atom is 0.261 e. The van der Waals surface area contributed by atoms with Crippen LogP contribution in [0, 0.1) is 12.3 Å². The second-order valence-corrected chi connectivity index (χ2v) is 5.60. The molecule has 2 unspecified atom stereocenters.